The number of benzene rings is 2. The number of ether oxygens (including phenoxy) is 1. The highest BCUT2D eigenvalue weighted by molar-refractivity contribution is 6.35. The van der Waals surface area contributed by atoms with Crippen molar-refractivity contribution in [1.82, 2.24) is 5.32 Å². The third kappa shape index (κ3) is 2.56. The second-order valence-electron chi connectivity index (χ2n) is 5.40. The zero-order valence-electron chi connectivity index (χ0n) is 11.7. The average Bonchev–Trinajstić information content (AvgIpc) is 2.52. The average molecular weight is 290 g/mol. The number of hydrogen-bond donors (Lipinski definition) is 1. The molecule has 1 aliphatic heterocycles. The van der Waals surface area contributed by atoms with Gasteiger partial charge in [-0.2, -0.15) is 0 Å². The summed E-state index contributed by atoms with van der Waals surface area (Å²) in [5, 5.41) is 6.72. The molecule has 2 aromatic rings. The van der Waals surface area contributed by atoms with Gasteiger partial charge in [0.15, 0.2) is 0 Å². The lowest BCUT2D eigenvalue weighted by molar-refractivity contribution is 0.0548. The largest absolute Gasteiger partial charge is 0.381 e. The molecular formula is C17H20ClNO. The second-order valence-corrected chi connectivity index (χ2v) is 5.81. The molecule has 3 heteroatoms. The van der Waals surface area contributed by atoms with E-state index in [1.807, 2.05) is 19.2 Å². The zero-order valence-corrected chi connectivity index (χ0v) is 12.5. The van der Waals surface area contributed by atoms with Crippen LogP contribution in [0.2, 0.25) is 5.02 Å². The van der Waals surface area contributed by atoms with Crippen molar-refractivity contribution in [2.45, 2.75) is 18.9 Å². The maximum atomic E-state index is 6.32. The van der Waals surface area contributed by atoms with Gasteiger partial charge >= 0.3 is 0 Å². The van der Waals surface area contributed by atoms with Crippen LogP contribution in [0.15, 0.2) is 36.4 Å². The molecule has 1 heterocycles. The van der Waals surface area contributed by atoms with Gasteiger partial charge in [0.1, 0.15) is 0 Å². The predicted octanol–water partition coefficient (Wildman–Crippen LogP) is 4.18. The van der Waals surface area contributed by atoms with Crippen LogP contribution in [0, 0.1) is 5.92 Å². The number of halogens is 1. The standard InChI is InChI=1S/C17H20ClNO/c1-19-17(12-8-10-20-11-9-12)15-6-7-16(18)14-5-3-2-4-13(14)15/h2-7,12,17,19H,8-11H2,1H3. The Bertz CT molecular complexity index is 593. The van der Waals surface area contributed by atoms with Crippen molar-refractivity contribution in [3.63, 3.8) is 0 Å². The third-order valence-corrected chi connectivity index (χ3v) is 4.62. The Morgan fingerprint density at radius 3 is 2.50 bits per heavy atom. The molecule has 1 atom stereocenters. The minimum atomic E-state index is 0.362. The van der Waals surface area contributed by atoms with Gasteiger partial charge in [-0.3, -0.25) is 0 Å². The van der Waals surface area contributed by atoms with Gasteiger partial charge in [0.05, 0.1) is 0 Å². The molecule has 20 heavy (non-hydrogen) atoms. The molecule has 0 aromatic heterocycles. The number of rotatable bonds is 3. The van der Waals surface area contributed by atoms with Gasteiger partial charge in [0.25, 0.3) is 0 Å². The van der Waals surface area contributed by atoms with E-state index >= 15 is 0 Å². The lowest BCUT2D eigenvalue weighted by atomic mass is 9.85. The molecule has 1 saturated heterocycles. The minimum absolute atomic E-state index is 0.362. The Labute approximate surface area is 125 Å². The van der Waals surface area contributed by atoms with E-state index in [9.17, 15) is 0 Å². The summed E-state index contributed by atoms with van der Waals surface area (Å²) in [4.78, 5) is 0. The van der Waals surface area contributed by atoms with Gasteiger partial charge in [-0.1, -0.05) is 41.9 Å². The van der Waals surface area contributed by atoms with Crippen LogP contribution in [0.3, 0.4) is 0 Å². The van der Waals surface area contributed by atoms with Crippen LogP contribution in [0.1, 0.15) is 24.4 Å². The SMILES string of the molecule is CNC(c1ccc(Cl)c2ccccc12)C1CCOCC1. The Balaban J connectivity index is 2.05. The molecule has 2 aromatic carbocycles. The Kier molecular flexibility index (Phi) is 4.25. The molecule has 1 aliphatic rings. The van der Waals surface area contributed by atoms with Crippen molar-refractivity contribution in [2.24, 2.45) is 5.92 Å². The third-order valence-electron chi connectivity index (χ3n) is 4.29. The van der Waals surface area contributed by atoms with Gasteiger partial charge in [-0.15, -0.1) is 0 Å². The molecule has 1 N–H and O–H groups in total. The van der Waals surface area contributed by atoms with Crippen LogP contribution in [0.4, 0.5) is 0 Å². The first kappa shape index (κ1) is 13.9. The molecule has 3 rings (SSSR count). The summed E-state index contributed by atoms with van der Waals surface area (Å²) in [5.41, 5.74) is 1.35. The number of hydrogen-bond acceptors (Lipinski definition) is 2. The van der Waals surface area contributed by atoms with Crippen molar-refractivity contribution in [3.05, 3.63) is 47.0 Å². The van der Waals surface area contributed by atoms with E-state index in [0.29, 0.717) is 12.0 Å². The van der Waals surface area contributed by atoms with Crippen molar-refractivity contribution >= 4 is 22.4 Å². The van der Waals surface area contributed by atoms with E-state index < -0.39 is 0 Å². The fourth-order valence-corrected chi connectivity index (χ4v) is 3.48. The van der Waals surface area contributed by atoms with E-state index in [1.54, 1.807) is 0 Å². The highest BCUT2D eigenvalue weighted by Gasteiger charge is 2.25. The van der Waals surface area contributed by atoms with Gasteiger partial charge < -0.3 is 10.1 Å². The molecule has 0 bridgehead atoms. The number of nitrogens with one attached hydrogen (secondary N) is 1. The van der Waals surface area contributed by atoms with Crippen molar-refractivity contribution < 1.29 is 4.74 Å². The molecule has 0 spiro atoms. The molecule has 0 amide bonds. The van der Waals surface area contributed by atoms with E-state index in [1.165, 1.54) is 10.9 Å². The maximum absolute atomic E-state index is 6.32. The van der Waals surface area contributed by atoms with E-state index in [0.717, 1.165) is 36.5 Å². The van der Waals surface area contributed by atoms with Crippen molar-refractivity contribution in [1.29, 1.82) is 0 Å². The van der Waals surface area contributed by atoms with Crippen molar-refractivity contribution in [2.75, 3.05) is 20.3 Å². The van der Waals surface area contributed by atoms with Crippen molar-refractivity contribution in [3.8, 4) is 0 Å². The lowest BCUT2D eigenvalue weighted by Gasteiger charge is -2.31. The molecule has 0 radical (unpaired) electrons. The van der Waals surface area contributed by atoms with Gasteiger partial charge in [-0.25, -0.2) is 0 Å². The van der Waals surface area contributed by atoms with Crippen LogP contribution in [-0.2, 0) is 4.74 Å². The molecule has 1 fully saturated rings. The summed E-state index contributed by atoms with van der Waals surface area (Å²) in [7, 11) is 2.05. The highest BCUT2D eigenvalue weighted by atomic mass is 35.5. The monoisotopic (exact) mass is 289 g/mol. The molecular weight excluding hydrogens is 270 g/mol. The zero-order chi connectivity index (χ0) is 13.9. The van der Waals surface area contributed by atoms with Crippen LogP contribution < -0.4 is 5.32 Å². The minimum Gasteiger partial charge on any atom is -0.381 e. The summed E-state index contributed by atoms with van der Waals surface area (Å²) >= 11 is 6.32. The first-order chi connectivity index (χ1) is 9.81. The van der Waals surface area contributed by atoms with Crippen LogP contribution in [0.5, 0.6) is 0 Å². The van der Waals surface area contributed by atoms with E-state index in [-0.39, 0.29) is 0 Å². The fraction of sp³-hybridized carbons (Fsp3) is 0.412. The summed E-state index contributed by atoms with van der Waals surface area (Å²) < 4.78 is 5.49. The Morgan fingerprint density at radius 1 is 1.10 bits per heavy atom. The van der Waals surface area contributed by atoms with Gasteiger partial charge in [-0.05, 0) is 42.8 Å². The molecule has 106 valence electrons. The predicted molar refractivity (Wildman–Crippen MR) is 84.3 cm³/mol. The first-order valence-electron chi connectivity index (χ1n) is 7.23. The molecule has 0 saturated carbocycles. The van der Waals surface area contributed by atoms with Crippen LogP contribution >= 0.6 is 11.6 Å². The summed E-state index contributed by atoms with van der Waals surface area (Å²) in [6, 6.07) is 12.9. The highest BCUT2D eigenvalue weighted by Crippen LogP contribution is 2.36. The summed E-state index contributed by atoms with van der Waals surface area (Å²) in [6.45, 7) is 1.74. The maximum Gasteiger partial charge on any atom is 0.0484 e. The molecule has 2 nitrogen and oxygen atoms in total. The first-order valence-corrected chi connectivity index (χ1v) is 7.61. The normalized spacial score (nSPS) is 18.3. The summed E-state index contributed by atoms with van der Waals surface area (Å²) in [6.07, 6.45) is 2.23. The lowest BCUT2D eigenvalue weighted by Crippen LogP contribution is -2.30. The molecule has 0 aliphatic carbocycles. The Hall–Kier alpha value is -1.09. The second kappa shape index (κ2) is 6.13. The smallest absolute Gasteiger partial charge is 0.0484 e. The van der Waals surface area contributed by atoms with E-state index in [2.05, 4.69) is 29.6 Å². The fourth-order valence-electron chi connectivity index (χ4n) is 3.25. The quantitative estimate of drug-likeness (QED) is 0.915. The van der Waals surface area contributed by atoms with Gasteiger partial charge in [0, 0.05) is 29.7 Å². The Morgan fingerprint density at radius 2 is 1.80 bits per heavy atom. The van der Waals surface area contributed by atoms with Gasteiger partial charge in [0.2, 0.25) is 0 Å². The summed E-state index contributed by atoms with van der Waals surface area (Å²) in [5.74, 6) is 0.623. The van der Waals surface area contributed by atoms with E-state index in [4.69, 9.17) is 16.3 Å². The number of fused-ring (bicyclic) bond motifs is 1. The van der Waals surface area contributed by atoms with Crippen LogP contribution in [0.25, 0.3) is 10.8 Å². The van der Waals surface area contributed by atoms with Crippen LogP contribution in [-0.4, -0.2) is 20.3 Å². The topological polar surface area (TPSA) is 21.3 Å². The molecule has 1 unspecified atom stereocenters.